The van der Waals surface area contributed by atoms with Crippen molar-refractivity contribution >= 4 is 39.8 Å². The second-order valence-corrected chi connectivity index (χ2v) is 6.47. The molecule has 1 fully saturated rings. The average molecular weight is 395 g/mol. The Morgan fingerprint density at radius 1 is 1.21 bits per heavy atom. The molecule has 24 heavy (non-hydrogen) atoms. The van der Waals surface area contributed by atoms with E-state index in [-0.39, 0.29) is 24.3 Å². The number of likely N-dealkylation sites (tertiary alicyclic amines) is 1. The highest BCUT2D eigenvalue weighted by atomic mass is 79.9. The lowest BCUT2D eigenvalue weighted by molar-refractivity contribution is -0.149. The maximum Gasteiger partial charge on any atom is 0.331 e. The first-order chi connectivity index (χ1) is 11.5. The van der Waals surface area contributed by atoms with E-state index < -0.39 is 5.97 Å². The van der Waals surface area contributed by atoms with Crippen LogP contribution in [0.1, 0.15) is 18.4 Å². The Balaban J connectivity index is 1.74. The monoisotopic (exact) mass is 394 g/mol. The number of carbonyl (C=O) groups is 3. The summed E-state index contributed by atoms with van der Waals surface area (Å²) in [7, 11) is 0. The van der Waals surface area contributed by atoms with Crippen LogP contribution in [0.4, 0.5) is 0 Å². The van der Waals surface area contributed by atoms with E-state index in [0.29, 0.717) is 25.9 Å². The molecule has 0 spiro atoms. The highest BCUT2D eigenvalue weighted by Gasteiger charge is 2.26. The molecule has 7 heteroatoms. The van der Waals surface area contributed by atoms with Crippen LogP contribution in [-0.4, -0.2) is 42.4 Å². The van der Waals surface area contributed by atoms with E-state index in [1.54, 1.807) is 11.0 Å². The summed E-state index contributed by atoms with van der Waals surface area (Å²) in [5.74, 6) is -1.33. The lowest BCUT2D eigenvalue weighted by Gasteiger charge is -2.30. The minimum atomic E-state index is -0.571. The quantitative estimate of drug-likeness (QED) is 0.608. The van der Waals surface area contributed by atoms with Crippen LogP contribution in [0.25, 0.3) is 6.08 Å². The van der Waals surface area contributed by atoms with E-state index in [0.717, 1.165) is 10.0 Å². The Morgan fingerprint density at radius 2 is 1.83 bits per heavy atom. The SMILES string of the molecule is NC(=O)C1CCN(C(=O)COC(=O)/C=C/c2ccc(Br)cc2)CC1. The van der Waals surface area contributed by atoms with Crippen molar-refractivity contribution in [1.29, 1.82) is 0 Å². The molecule has 2 amide bonds. The summed E-state index contributed by atoms with van der Waals surface area (Å²) >= 11 is 3.33. The van der Waals surface area contributed by atoms with Gasteiger partial charge in [-0.3, -0.25) is 9.59 Å². The Labute approximate surface area is 148 Å². The van der Waals surface area contributed by atoms with Crippen molar-refractivity contribution in [2.45, 2.75) is 12.8 Å². The fourth-order valence-corrected chi connectivity index (χ4v) is 2.69. The van der Waals surface area contributed by atoms with Crippen molar-refractivity contribution in [2.75, 3.05) is 19.7 Å². The molecule has 1 aliphatic heterocycles. The third kappa shape index (κ3) is 5.49. The van der Waals surface area contributed by atoms with Gasteiger partial charge >= 0.3 is 5.97 Å². The molecule has 1 aromatic rings. The lowest BCUT2D eigenvalue weighted by atomic mass is 9.96. The summed E-state index contributed by atoms with van der Waals surface area (Å²) in [6, 6.07) is 7.43. The number of halogens is 1. The highest BCUT2D eigenvalue weighted by Crippen LogP contribution is 2.16. The first kappa shape index (κ1) is 18.2. The lowest BCUT2D eigenvalue weighted by Crippen LogP contribution is -2.43. The number of benzene rings is 1. The van der Waals surface area contributed by atoms with Gasteiger partial charge in [0.05, 0.1) is 0 Å². The number of nitrogens with two attached hydrogens (primary N) is 1. The molecule has 1 aliphatic rings. The van der Waals surface area contributed by atoms with Gasteiger partial charge in [0.15, 0.2) is 6.61 Å². The molecule has 1 heterocycles. The second-order valence-electron chi connectivity index (χ2n) is 5.55. The molecule has 2 N–H and O–H groups in total. The van der Waals surface area contributed by atoms with Crippen molar-refractivity contribution in [3.63, 3.8) is 0 Å². The zero-order valence-electron chi connectivity index (χ0n) is 13.1. The van der Waals surface area contributed by atoms with E-state index in [2.05, 4.69) is 15.9 Å². The highest BCUT2D eigenvalue weighted by molar-refractivity contribution is 9.10. The summed E-state index contributed by atoms with van der Waals surface area (Å²) in [5.41, 5.74) is 6.11. The van der Waals surface area contributed by atoms with Crippen molar-refractivity contribution in [3.8, 4) is 0 Å². The van der Waals surface area contributed by atoms with Crippen LogP contribution in [-0.2, 0) is 19.1 Å². The largest absolute Gasteiger partial charge is 0.452 e. The fourth-order valence-electron chi connectivity index (χ4n) is 2.42. The molecule has 0 aliphatic carbocycles. The van der Waals surface area contributed by atoms with Gasteiger partial charge in [0.2, 0.25) is 5.91 Å². The number of esters is 1. The predicted octanol–water partition coefficient (Wildman–Crippen LogP) is 1.73. The number of ether oxygens (including phenoxy) is 1. The third-order valence-corrected chi connectivity index (χ3v) is 4.40. The molecular weight excluding hydrogens is 376 g/mol. The third-order valence-electron chi connectivity index (χ3n) is 3.87. The number of nitrogens with zero attached hydrogens (tertiary/aromatic N) is 1. The molecule has 0 saturated carbocycles. The van der Waals surface area contributed by atoms with Gasteiger partial charge in [-0.15, -0.1) is 0 Å². The van der Waals surface area contributed by atoms with Crippen molar-refractivity contribution < 1.29 is 19.1 Å². The topological polar surface area (TPSA) is 89.7 Å². The summed E-state index contributed by atoms with van der Waals surface area (Å²) in [6.45, 7) is 0.613. The van der Waals surface area contributed by atoms with Gasteiger partial charge in [0.1, 0.15) is 0 Å². The first-order valence-electron chi connectivity index (χ1n) is 7.63. The molecule has 0 bridgehead atoms. The van der Waals surface area contributed by atoms with E-state index in [1.165, 1.54) is 6.08 Å². The molecule has 128 valence electrons. The van der Waals surface area contributed by atoms with Crippen LogP contribution in [0.15, 0.2) is 34.8 Å². The van der Waals surface area contributed by atoms with Crippen LogP contribution in [0, 0.1) is 5.92 Å². The maximum atomic E-state index is 12.0. The molecule has 1 aromatic carbocycles. The van der Waals surface area contributed by atoms with E-state index in [9.17, 15) is 14.4 Å². The molecule has 2 rings (SSSR count). The van der Waals surface area contributed by atoms with Crippen molar-refractivity contribution in [2.24, 2.45) is 11.7 Å². The first-order valence-corrected chi connectivity index (χ1v) is 8.42. The zero-order valence-corrected chi connectivity index (χ0v) is 14.7. The minimum absolute atomic E-state index is 0.176. The van der Waals surface area contributed by atoms with E-state index in [1.807, 2.05) is 24.3 Å². The van der Waals surface area contributed by atoms with Gasteiger partial charge in [-0.1, -0.05) is 28.1 Å². The number of carbonyl (C=O) groups excluding carboxylic acids is 3. The van der Waals surface area contributed by atoms with E-state index >= 15 is 0 Å². The molecule has 6 nitrogen and oxygen atoms in total. The minimum Gasteiger partial charge on any atom is -0.452 e. The predicted molar refractivity (Wildman–Crippen MR) is 92.6 cm³/mol. The normalized spacial score (nSPS) is 15.5. The number of piperidine rings is 1. The Kier molecular flexibility index (Phi) is 6.54. The number of primary amides is 1. The molecule has 0 aromatic heterocycles. The molecule has 0 atom stereocenters. The average Bonchev–Trinajstić information content (AvgIpc) is 2.59. The van der Waals surface area contributed by atoms with Gasteiger partial charge < -0.3 is 15.4 Å². The summed E-state index contributed by atoms with van der Waals surface area (Å²) in [6.07, 6.45) is 4.02. The molecule has 0 unspecified atom stereocenters. The van der Waals surface area contributed by atoms with Gasteiger partial charge in [-0.2, -0.15) is 0 Å². The summed E-state index contributed by atoms with van der Waals surface area (Å²) in [5, 5.41) is 0. The Hall–Kier alpha value is -2.15. The van der Waals surface area contributed by atoms with Gasteiger partial charge in [0.25, 0.3) is 5.91 Å². The van der Waals surface area contributed by atoms with Crippen LogP contribution in [0.2, 0.25) is 0 Å². The van der Waals surface area contributed by atoms with E-state index in [4.69, 9.17) is 10.5 Å². The second kappa shape index (κ2) is 8.63. The number of hydrogen-bond donors (Lipinski definition) is 1. The molecule has 1 saturated heterocycles. The number of rotatable bonds is 5. The van der Waals surface area contributed by atoms with Crippen LogP contribution >= 0.6 is 15.9 Å². The zero-order chi connectivity index (χ0) is 17.5. The molecule has 0 radical (unpaired) electrons. The molecular formula is C17H19BrN2O4. The van der Waals surface area contributed by atoms with Crippen LogP contribution in [0.5, 0.6) is 0 Å². The van der Waals surface area contributed by atoms with Crippen LogP contribution in [0.3, 0.4) is 0 Å². The Morgan fingerprint density at radius 3 is 2.42 bits per heavy atom. The van der Waals surface area contributed by atoms with Crippen molar-refractivity contribution in [1.82, 2.24) is 4.90 Å². The summed E-state index contributed by atoms with van der Waals surface area (Å²) < 4.78 is 5.91. The van der Waals surface area contributed by atoms with Crippen molar-refractivity contribution in [3.05, 3.63) is 40.4 Å². The smallest absolute Gasteiger partial charge is 0.331 e. The Bertz CT molecular complexity index is 634. The summed E-state index contributed by atoms with van der Waals surface area (Å²) in [4.78, 5) is 36.3. The standard InChI is InChI=1S/C17H19BrN2O4/c18-14-4-1-12(2-5-14)3-6-16(22)24-11-15(21)20-9-7-13(8-10-20)17(19)23/h1-6,13H,7-11H2,(H2,19,23)/b6-3+. The maximum absolute atomic E-state index is 12.0. The fraction of sp³-hybridized carbons (Fsp3) is 0.353. The number of amides is 2. The van der Waals surface area contributed by atoms with Gasteiger partial charge in [-0.25, -0.2) is 4.79 Å². The van der Waals surface area contributed by atoms with Gasteiger partial charge in [-0.05, 0) is 36.6 Å². The van der Waals surface area contributed by atoms with Crippen LogP contribution < -0.4 is 5.73 Å². The number of hydrogen-bond acceptors (Lipinski definition) is 4. The van der Waals surface area contributed by atoms with Gasteiger partial charge in [0, 0.05) is 29.6 Å².